The standard InChI is InChI=1S/C94H136FN21O25/c1-9-65-49-70(141-29-13-12-28-116-55-69(110-115-116)57-140-44-43-139-42-41-138-40-39-137-38-37-136-36-35-135-34-33-134-32-31-133-30-26-96)23-24-71(65)66-21-19-63(20-22-66)48-74(85(125)102-73(83(97)123)18-14-15-64-46-59(2)45-60(3)47-64)103-86(126)76(51-80(121)122)104-87(127)77(56-117)105-88(128)81(61(4)118)108-92(132)94(8,52-67-16-10-11-17-72(67)95)109-89(129)82(62(5)119)107-79(120)54-100-84(124)75(50-78-111-113-114-112-78)106-91(131)93(6,7)90(130)99-27-25-68-53-98-58-101-68/h10-11,16-17,19-24,45-47,49,53,55,58,61-62,73-77,81-82,117-119H,9,12-15,18,25-44,48,50-52,54,56-57,96H2,1-8H3,(H2,97,123)(H,98,101)(H,99,130)(H,100,124)(H,102,125)(H,103,126)(H,104,127)(H,105,128)(H,106,131)(H,107,120)(H,108,132)(H,109,129)(H,121,122)(H,111,112,113,114)/t61-,62-,73+,74+,75+,76+,77+,81+,82+,94?/m1/s1. The summed E-state index contributed by atoms with van der Waals surface area (Å²) in [6.07, 6.45) is 1.84. The second-order valence-electron chi connectivity index (χ2n) is 34.1. The van der Waals surface area contributed by atoms with Gasteiger partial charge in [0.25, 0.3) is 0 Å². The molecule has 20 N–H and O–H groups in total. The van der Waals surface area contributed by atoms with Crippen molar-refractivity contribution in [1.82, 2.24) is 98.8 Å². The minimum absolute atomic E-state index is 0.0576. The molecular weight excluding hydrogens is 1840 g/mol. The summed E-state index contributed by atoms with van der Waals surface area (Å²) < 4.78 is 67.6. The van der Waals surface area contributed by atoms with E-state index in [2.05, 4.69) is 94.1 Å². The van der Waals surface area contributed by atoms with E-state index in [0.717, 1.165) is 66.6 Å². The molecule has 0 saturated heterocycles. The molecule has 46 nitrogen and oxygen atoms in total. The first-order valence-corrected chi connectivity index (χ1v) is 46.7. The fourth-order valence-electron chi connectivity index (χ4n) is 14.3. The number of unbranched alkanes of at least 4 members (excludes halogenated alkanes) is 1. The monoisotopic (exact) mass is 1980 g/mol. The summed E-state index contributed by atoms with van der Waals surface area (Å²) in [7, 11) is 0. The van der Waals surface area contributed by atoms with Crippen molar-refractivity contribution in [3.05, 3.63) is 160 Å². The number of amides is 11. The number of carbonyl (C=O) groups is 12. The number of nitrogens with two attached hydrogens (primary N) is 2. The second kappa shape index (κ2) is 61.7. The number of hydrogen-bond donors (Lipinski definition) is 18. The van der Waals surface area contributed by atoms with Crippen molar-refractivity contribution in [3.63, 3.8) is 0 Å². The number of H-pyrrole nitrogens is 2. The van der Waals surface area contributed by atoms with Crippen LogP contribution in [-0.4, -0.2) is 329 Å². The number of benzene rings is 4. The molecule has 4 aromatic carbocycles. The average molecular weight is 1980 g/mol. The van der Waals surface area contributed by atoms with Crippen LogP contribution in [0.4, 0.5) is 4.39 Å². The Morgan fingerprint density at radius 1 is 0.567 bits per heavy atom. The van der Waals surface area contributed by atoms with E-state index < -0.39 is 175 Å². The number of nitrogens with one attached hydrogen (secondary N) is 12. The van der Waals surface area contributed by atoms with Crippen LogP contribution < -0.4 is 69.4 Å². The van der Waals surface area contributed by atoms with Crippen LogP contribution in [0.15, 0.2) is 104 Å². The summed E-state index contributed by atoms with van der Waals surface area (Å²) in [5, 5.41) is 88.7. The van der Waals surface area contributed by atoms with E-state index in [1.165, 1.54) is 38.4 Å². The van der Waals surface area contributed by atoms with E-state index in [0.29, 0.717) is 174 Å². The molecule has 10 atom stereocenters. The van der Waals surface area contributed by atoms with Crippen LogP contribution in [0.2, 0.25) is 0 Å². The summed E-state index contributed by atoms with van der Waals surface area (Å²) in [5.74, 6) is -14.4. The maximum Gasteiger partial charge on any atom is 0.305 e. The fraction of sp³-hybridized carbons (Fsp3) is 0.553. The Kier molecular flexibility index (Phi) is 50.4. The number of carbonyl (C=O) groups excluding carboxylic acids is 11. The highest BCUT2D eigenvalue weighted by molar-refractivity contribution is 6.06. The van der Waals surface area contributed by atoms with Gasteiger partial charge in [-0.15, -0.1) is 15.3 Å². The summed E-state index contributed by atoms with van der Waals surface area (Å²) in [6.45, 7) is 18.0. The van der Waals surface area contributed by atoms with Crippen LogP contribution in [0.1, 0.15) is 124 Å². The second-order valence-corrected chi connectivity index (χ2v) is 34.1. The number of rotatable bonds is 71. The lowest BCUT2D eigenvalue weighted by Crippen LogP contribution is -2.67. The first kappa shape index (κ1) is 115. The third kappa shape index (κ3) is 41.5. The van der Waals surface area contributed by atoms with Gasteiger partial charge in [-0.3, -0.25) is 62.2 Å². The van der Waals surface area contributed by atoms with E-state index in [4.69, 9.17) is 54.1 Å². The van der Waals surface area contributed by atoms with Gasteiger partial charge >= 0.3 is 5.97 Å². The predicted molar refractivity (Wildman–Crippen MR) is 505 cm³/mol. The van der Waals surface area contributed by atoms with Crippen molar-refractivity contribution in [2.45, 2.75) is 199 Å². The van der Waals surface area contributed by atoms with Crippen molar-refractivity contribution < 1.29 is 125 Å². The maximum atomic E-state index is 15.6. The molecule has 0 aliphatic heterocycles. The molecule has 0 fully saturated rings. The Balaban J connectivity index is 0.934. The highest BCUT2D eigenvalue weighted by Crippen LogP contribution is 2.30. The lowest BCUT2D eigenvalue weighted by atomic mass is 9.90. The van der Waals surface area contributed by atoms with Gasteiger partial charge in [0, 0.05) is 57.2 Å². The molecule has 0 bridgehead atoms. The Morgan fingerprint density at radius 2 is 1.15 bits per heavy atom. The maximum absolute atomic E-state index is 15.6. The average Bonchev–Trinajstić information content (AvgIpc) is 1.48. The molecule has 0 saturated carbocycles. The summed E-state index contributed by atoms with van der Waals surface area (Å²) >= 11 is 0. The van der Waals surface area contributed by atoms with Crippen LogP contribution in [0.3, 0.4) is 0 Å². The smallest absolute Gasteiger partial charge is 0.305 e. The van der Waals surface area contributed by atoms with E-state index in [9.17, 15) is 78.0 Å². The minimum Gasteiger partial charge on any atom is -0.494 e. The third-order valence-electron chi connectivity index (χ3n) is 22.0. The minimum atomic E-state index is -2.42. The molecule has 3 aromatic heterocycles. The van der Waals surface area contributed by atoms with Gasteiger partial charge in [0.15, 0.2) is 5.82 Å². The molecule has 47 heteroatoms. The highest BCUT2D eigenvalue weighted by Gasteiger charge is 2.44. The largest absolute Gasteiger partial charge is 0.494 e. The lowest BCUT2D eigenvalue weighted by Gasteiger charge is -2.34. The first-order valence-electron chi connectivity index (χ1n) is 46.7. The van der Waals surface area contributed by atoms with Gasteiger partial charge in [0.1, 0.15) is 70.5 Å². The van der Waals surface area contributed by atoms with Crippen molar-refractivity contribution in [2.24, 2.45) is 16.9 Å². The van der Waals surface area contributed by atoms with Crippen LogP contribution >= 0.6 is 0 Å². The third-order valence-corrected chi connectivity index (χ3v) is 22.0. The quantitative estimate of drug-likeness (QED) is 0.0152. The number of hydrogen-bond acceptors (Lipinski definition) is 31. The number of imidazole rings is 1. The van der Waals surface area contributed by atoms with Crippen LogP contribution in [-0.2, 0) is 147 Å². The molecule has 0 spiro atoms. The van der Waals surface area contributed by atoms with Gasteiger partial charge in [-0.1, -0.05) is 95.2 Å². The van der Waals surface area contributed by atoms with Gasteiger partial charge in [-0.25, -0.2) is 9.37 Å². The lowest BCUT2D eigenvalue weighted by molar-refractivity contribution is -0.143. The van der Waals surface area contributed by atoms with Crippen molar-refractivity contribution in [3.8, 4) is 16.9 Å². The van der Waals surface area contributed by atoms with Crippen LogP contribution in [0.5, 0.6) is 5.75 Å². The van der Waals surface area contributed by atoms with Gasteiger partial charge in [-0.2, -0.15) is 5.21 Å². The molecular formula is C94H136FN21O25. The van der Waals surface area contributed by atoms with Crippen LogP contribution in [0, 0.1) is 25.1 Å². The Bertz CT molecular complexity index is 5040. The number of aliphatic carboxylic acids is 1. The van der Waals surface area contributed by atoms with Gasteiger partial charge in [0.05, 0.1) is 157 Å². The number of aryl methyl sites for hydroxylation is 5. The molecule has 0 aliphatic rings. The van der Waals surface area contributed by atoms with E-state index in [1.54, 1.807) is 35.1 Å². The summed E-state index contributed by atoms with van der Waals surface area (Å²) in [4.78, 5) is 174. The number of aromatic nitrogens is 9. The van der Waals surface area contributed by atoms with Gasteiger partial charge in [0.2, 0.25) is 65.0 Å². The molecule has 7 rings (SSSR count). The van der Waals surface area contributed by atoms with Crippen molar-refractivity contribution in [1.29, 1.82) is 0 Å². The van der Waals surface area contributed by atoms with Crippen molar-refractivity contribution in [2.75, 3.05) is 132 Å². The van der Waals surface area contributed by atoms with E-state index in [-0.39, 0.29) is 37.4 Å². The molecule has 141 heavy (non-hydrogen) atoms. The number of halogens is 1. The first-order chi connectivity index (χ1) is 67.6. The zero-order chi connectivity index (χ0) is 103. The van der Waals surface area contributed by atoms with Gasteiger partial charge in [-0.05, 0) is 139 Å². The van der Waals surface area contributed by atoms with Crippen LogP contribution in [0.25, 0.3) is 11.1 Å². The summed E-state index contributed by atoms with van der Waals surface area (Å²) in [6, 6.07) is 10.9. The molecule has 774 valence electrons. The molecule has 3 heterocycles. The molecule has 1 unspecified atom stereocenters. The number of aliphatic hydroxyl groups excluding tert-OH is 3. The number of carboxylic acid groups (broad SMARTS) is 1. The number of aromatic amines is 2. The summed E-state index contributed by atoms with van der Waals surface area (Å²) in [5.41, 5.74) is 14.3. The fourth-order valence-corrected chi connectivity index (χ4v) is 14.3. The number of primary amides is 1. The van der Waals surface area contributed by atoms with E-state index >= 15 is 4.39 Å². The zero-order valence-electron chi connectivity index (χ0n) is 80.9. The molecule has 11 amide bonds. The molecule has 7 aromatic rings. The number of ether oxygens (including phenoxy) is 9. The Labute approximate surface area is 816 Å². The van der Waals surface area contributed by atoms with Gasteiger partial charge < -0.3 is 133 Å². The Morgan fingerprint density at radius 3 is 1.72 bits per heavy atom. The molecule has 0 aliphatic carbocycles. The number of aliphatic hydroxyl groups is 3. The topological polar surface area (TPSA) is 655 Å². The SMILES string of the molecule is CCc1cc(OCCCCn2cc(COCCOCCOCCOCCOCCOCCOCCOCCN)nn2)ccc1-c1ccc(C[C@H](NC(=O)[C@H](CC(=O)O)NC(=O)[C@H](CO)NC(=O)[C@@H](NC(=O)C(C)(Cc2ccccc2F)NC(=O)[C@@H](NC(=O)CNC(=O)[C@H](Cc2nn[nH]n2)NC(=O)C(C)(C)C(=O)NCCc2cnc[nH]2)[C@@H](C)O)[C@@H](C)O)C(=O)N[C@@H](CCCc2cc(C)cc(C)c2)C(N)=O)cc1. The van der Waals surface area contributed by atoms with E-state index in [1.807, 2.05) is 63.4 Å². The number of nitrogens with zero attached hydrogens (tertiary/aromatic N) is 7. The number of carboxylic acids is 1. The molecule has 0 radical (unpaired) electrons. The highest BCUT2D eigenvalue weighted by atomic mass is 19.1. The van der Waals surface area contributed by atoms with Crippen molar-refractivity contribution >= 4 is 70.9 Å². The Hall–Kier alpha value is -12.8. The zero-order valence-corrected chi connectivity index (χ0v) is 80.9. The predicted octanol–water partition coefficient (Wildman–Crippen LogP) is -1.52. The number of tetrazole rings is 1. The normalized spacial score (nSPS) is 13.8.